The highest BCUT2D eigenvalue weighted by atomic mass is 16.5. The van der Waals surface area contributed by atoms with Crippen molar-refractivity contribution in [1.82, 2.24) is 10.2 Å². The molecule has 7 nitrogen and oxygen atoms in total. The average molecular weight is 260 g/mol. The molecule has 0 bridgehead atoms. The van der Waals surface area contributed by atoms with Gasteiger partial charge in [0.15, 0.2) is 0 Å². The van der Waals surface area contributed by atoms with Crippen molar-refractivity contribution in [3.05, 3.63) is 0 Å². The van der Waals surface area contributed by atoms with Crippen LogP contribution in [-0.2, 0) is 9.53 Å². The van der Waals surface area contributed by atoms with E-state index in [2.05, 4.69) is 5.32 Å². The summed E-state index contributed by atoms with van der Waals surface area (Å²) in [5.74, 6) is -1.10. The first-order valence-electron chi connectivity index (χ1n) is 5.89. The number of likely N-dealkylation sites (N-methyl/N-ethyl adjacent to an activating group) is 1. The van der Waals surface area contributed by atoms with Gasteiger partial charge in [0.05, 0.1) is 12.1 Å². The molecular formula is C11H20N2O5. The molecule has 1 heterocycles. The summed E-state index contributed by atoms with van der Waals surface area (Å²) in [6.07, 6.45) is 0.943. The Balaban J connectivity index is 2.46. The molecular weight excluding hydrogens is 240 g/mol. The molecule has 0 aromatic rings. The van der Waals surface area contributed by atoms with Crippen LogP contribution >= 0.6 is 0 Å². The Morgan fingerprint density at radius 1 is 1.44 bits per heavy atom. The van der Waals surface area contributed by atoms with Crippen LogP contribution in [0.25, 0.3) is 0 Å². The second-order valence-corrected chi connectivity index (χ2v) is 4.70. The fourth-order valence-electron chi connectivity index (χ4n) is 1.78. The van der Waals surface area contributed by atoms with Gasteiger partial charge in [-0.25, -0.2) is 4.79 Å². The number of carbonyl (C=O) groups excluding carboxylic acids is 1. The summed E-state index contributed by atoms with van der Waals surface area (Å²) in [5, 5.41) is 21.2. The summed E-state index contributed by atoms with van der Waals surface area (Å²) in [4.78, 5) is 23.6. The number of rotatable bonds is 4. The highest BCUT2D eigenvalue weighted by Gasteiger charge is 2.32. The van der Waals surface area contributed by atoms with E-state index in [0.29, 0.717) is 26.1 Å². The van der Waals surface area contributed by atoms with Crippen LogP contribution in [0.2, 0.25) is 0 Å². The third kappa shape index (κ3) is 4.15. The zero-order valence-corrected chi connectivity index (χ0v) is 10.7. The number of urea groups is 1. The highest BCUT2D eigenvalue weighted by molar-refractivity contribution is 5.82. The maximum Gasteiger partial charge on any atom is 0.325 e. The summed E-state index contributed by atoms with van der Waals surface area (Å²) in [6.45, 7) is 2.49. The van der Waals surface area contributed by atoms with E-state index >= 15 is 0 Å². The molecule has 3 N–H and O–H groups in total. The van der Waals surface area contributed by atoms with Gasteiger partial charge in [-0.3, -0.25) is 4.79 Å². The van der Waals surface area contributed by atoms with Crippen LogP contribution in [-0.4, -0.2) is 65.6 Å². The Morgan fingerprint density at radius 2 is 2.00 bits per heavy atom. The van der Waals surface area contributed by atoms with Crippen LogP contribution in [0.4, 0.5) is 4.79 Å². The molecule has 0 aliphatic carbocycles. The number of amides is 2. The molecule has 0 radical (unpaired) electrons. The molecule has 1 aliphatic heterocycles. The minimum absolute atomic E-state index is 0.161. The molecule has 0 saturated carbocycles. The van der Waals surface area contributed by atoms with Crippen molar-refractivity contribution in [2.75, 3.05) is 26.8 Å². The van der Waals surface area contributed by atoms with E-state index in [9.17, 15) is 14.7 Å². The number of carbonyl (C=O) groups is 2. The molecule has 0 spiro atoms. The van der Waals surface area contributed by atoms with Gasteiger partial charge in [-0.15, -0.1) is 0 Å². The van der Waals surface area contributed by atoms with Gasteiger partial charge in [-0.05, 0) is 6.92 Å². The molecule has 0 aromatic heterocycles. The van der Waals surface area contributed by atoms with E-state index < -0.39 is 23.6 Å². The largest absolute Gasteiger partial charge is 0.480 e. The van der Waals surface area contributed by atoms with E-state index in [4.69, 9.17) is 9.84 Å². The molecule has 7 heteroatoms. The number of nitrogens with zero attached hydrogens (tertiary/aromatic N) is 1. The predicted molar refractivity (Wildman–Crippen MR) is 63.3 cm³/mol. The van der Waals surface area contributed by atoms with E-state index in [0.717, 1.165) is 0 Å². The van der Waals surface area contributed by atoms with Crippen molar-refractivity contribution < 1.29 is 24.5 Å². The Bertz CT molecular complexity index is 315. The molecule has 1 atom stereocenters. The van der Waals surface area contributed by atoms with Crippen molar-refractivity contribution in [3.63, 3.8) is 0 Å². The van der Waals surface area contributed by atoms with Crippen LogP contribution in [0.5, 0.6) is 0 Å². The minimum Gasteiger partial charge on any atom is -0.480 e. The van der Waals surface area contributed by atoms with Crippen LogP contribution in [0, 0.1) is 0 Å². The van der Waals surface area contributed by atoms with Crippen LogP contribution in [0.15, 0.2) is 0 Å². The molecule has 1 fully saturated rings. The molecule has 1 saturated heterocycles. The second kappa shape index (κ2) is 6.01. The lowest BCUT2D eigenvalue weighted by Crippen LogP contribution is -2.52. The van der Waals surface area contributed by atoms with Crippen molar-refractivity contribution in [1.29, 1.82) is 0 Å². The Kier molecular flexibility index (Phi) is 4.92. The molecule has 1 aliphatic rings. The Labute approximate surface area is 106 Å². The van der Waals surface area contributed by atoms with Gasteiger partial charge in [-0.1, -0.05) is 0 Å². The van der Waals surface area contributed by atoms with Gasteiger partial charge in [-0.2, -0.15) is 0 Å². The monoisotopic (exact) mass is 260 g/mol. The van der Waals surface area contributed by atoms with Crippen LogP contribution in [0.1, 0.15) is 19.8 Å². The zero-order chi connectivity index (χ0) is 13.8. The number of carboxylic acids is 1. The lowest BCUT2D eigenvalue weighted by Gasteiger charge is -2.35. The third-order valence-corrected chi connectivity index (χ3v) is 3.01. The van der Waals surface area contributed by atoms with Gasteiger partial charge < -0.3 is 25.2 Å². The summed E-state index contributed by atoms with van der Waals surface area (Å²) in [5.41, 5.74) is -0.948. The predicted octanol–water partition coefficient (Wildman–Crippen LogP) is -0.358. The molecule has 1 rings (SSSR count). The highest BCUT2D eigenvalue weighted by Crippen LogP contribution is 2.21. The number of ether oxygens (including phenoxy) is 1. The minimum atomic E-state index is -1.10. The van der Waals surface area contributed by atoms with E-state index in [1.54, 1.807) is 0 Å². The fourth-order valence-corrected chi connectivity index (χ4v) is 1.78. The van der Waals surface area contributed by atoms with Gasteiger partial charge in [0.2, 0.25) is 0 Å². The van der Waals surface area contributed by atoms with Crippen molar-refractivity contribution >= 4 is 12.0 Å². The maximum atomic E-state index is 11.7. The summed E-state index contributed by atoms with van der Waals surface area (Å²) in [7, 11) is 1.53. The lowest BCUT2D eigenvalue weighted by atomic mass is 9.94. The summed E-state index contributed by atoms with van der Waals surface area (Å²) in [6, 6.07) is -1.46. The van der Waals surface area contributed by atoms with Crippen LogP contribution in [0.3, 0.4) is 0 Å². The summed E-state index contributed by atoms with van der Waals surface area (Å²) >= 11 is 0. The number of hydrogen-bond donors (Lipinski definition) is 3. The smallest absolute Gasteiger partial charge is 0.325 e. The van der Waals surface area contributed by atoms with Gasteiger partial charge >= 0.3 is 12.0 Å². The normalized spacial score (nSPS) is 19.9. The van der Waals surface area contributed by atoms with Crippen molar-refractivity contribution in [3.8, 4) is 0 Å². The Hall–Kier alpha value is -1.34. The molecule has 18 heavy (non-hydrogen) atoms. The number of hydrogen-bond acceptors (Lipinski definition) is 4. The third-order valence-electron chi connectivity index (χ3n) is 3.01. The Morgan fingerprint density at radius 3 is 2.50 bits per heavy atom. The standard InChI is InChI=1S/C11H20N2O5/c1-8(9(14)15)12-10(16)13(2)7-11(17)3-5-18-6-4-11/h8,17H,3-7H2,1-2H3,(H,12,16)(H,14,15)/t8-/m0/s1. The topological polar surface area (TPSA) is 99.1 Å². The van der Waals surface area contributed by atoms with Gasteiger partial charge in [0, 0.05) is 33.1 Å². The zero-order valence-electron chi connectivity index (χ0n) is 10.7. The SMILES string of the molecule is C[C@H](NC(=O)N(C)CC1(O)CCOCC1)C(=O)O. The van der Waals surface area contributed by atoms with Crippen molar-refractivity contribution in [2.24, 2.45) is 0 Å². The van der Waals surface area contributed by atoms with Gasteiger partial charge in [0.25, 0.3) is 0 Å². The molecule has 2 amide bonds. The second-order valence-electron chi connectivity index (χ2n) is 4.70. The number of carboxylic acid groups (broad SMARTS) is 1. The van der Waals surface area contributed by atoms with Crippen LogP contribution < -0.4 is 5.32 Å². The molecule has 0 unspecified atom stereocenters. The van der Waals surface area contributed by atoms with Gasteiger partial charge in [0.1, 0.15) is 6.04 Å². The molecule has 0 aromatic carbocycles. The fraction of sp³-hybridized carbons (Fsp3) is 0.818. The van der Waals surface area contributed by atoms with E-state index in [1.165, 1.54) is 18.9 Å². The average Bonchev–Trinajstić information content (AvgIpc) is 2.28. The molecule has 104 valence electrons. The van der Waals surface area contributed by atoms with E-state index in [1.807, 2.05) is 0 Å². The number of nitrogens with one attached hydrogen (secondary N) is 1. The first-order valence-corrected chi connectivity index (χ1v) is 5.89. The van der Waals surface area contributed by atoms with E-state index in [-0.39, 0.29) is 6.54 Å². The first kappa shape index (κ1) is 14.7. The number of aliphatic hydroxyl groups is 1. The first-order chi connectivity index (χ1) is 8.34. The number of aliphatic carboxylic acids is 1. The lowest BCUT2D eigenvalue weighted by molar-refractivity contribution is -0.138. The quantitative estimate of drug-likeness (QED) is 0.641. The van der Waals surface area contributed by atoms with Crippen molar-refractivity contribution in [2.45, 2.75) is 31.4 Å². The maximum absolute atomic E-state index is 11.7. The summed E-state index contributed by atoms with van der Waals surface area (Å²) < 4.78 is 5.15.